The number of methoxy groups -OCH3 is 1. The average molecular weight is 342 g/mol. The fraction of sp³-hybridized carbons (Fsp3) is 0.533. The van der Waals surface area contributed by atoms with Gasteiger partial charge < -0.3 is 15.4 Å². The molecule has 1 atom stereocenters. The summed E-state index contributed by atoms with van der Waals surface area (Å²) in [6.07, 6.45) is 0. The maximum atomic E-state index is 5.22. The number of aliphatic imine (C=N–C) groups is 1. The van der Waals surface area contributed by atoms with Crippen LogP contribution in [0.2, 0.25) is 0 Å². The van der Waals surface area contributed by atoms with E-state index in [1.807, 2.05) is 18.2 Å². The number of hydrogen-bond donors (Lipinski definition) is 2. The highest BCUT2D eigenvalue weighted by atomic mass is 79.9. The van der Waals surface area contributed by atoms with Crippen molar-refractivity contribution >= 4 is 21.9 Å². The third kappa shape index (κ3) is 5.04. The minimum atomic E-state index is 0.379. The number of nitrogens with one attached hydrogen (secondary N) is 2. The first-order valence-corrected chi connectivity index (χ1v) is 7.56. The van der Waals surface area contributed by atoms with Gasteiger partial charge in [-0.05, 0) is 46.5 Å². The summed E-state index contributed by atoms with van der Waals surface area (Å²) < 4.78 is 6.18. The van der Waals surface area contributed by atoms with Crippen molar-refractivity contribution in [2.75, 3.05) is 14.2 Å². The van der Waals surface area contributed by atoms with Crippen LogP contribution in [-0.2, 0) is 6.54 Å². The van der Waals surface area contributed by atoms with Gasteiger partial charge in [-0.2, -0.15) is 0 Å². The first-order chi connectivity index (χ1) is 9.47. The SMILES string of the molecule is CN=C(NCc1ccc(OC)c(Br)c1)NC(C)C(C)C. The smallest absolute Gasteiger partial charge is 0.191 e. The molecule has 0 heterocycles. The maximum absolute atomic E-state index is 5.22. The van der Waals surface area contributed by atoms with E-state index in [4.69, 9.17) is 4.74 Å². The summed E-state index contributed by atoms with van der Waals surface area (Å²) in [5.74, 6) is 2.21. The van der Waals surface area contributed by atoms with Crippen molar-refractivity contribution in [3.63, 3.8) is 0 Å². The summed E-state index contributed by atoms with van der Waals surface area (Å²) in [4.78, 5) is 4.24. The molecule has 5 heteroatoms. The Hall–Kier alpha value is -1.23. The molecule has 0 fully saturated rings. The van der Waals surface area contributed by atoms with Crippen LogP contribution in [0.4, 0.5) is 0 Å². The summed E-state index contributed by atoms with van der Waals surface area (Å²) in [6, 6.07) is 6.41. The predicted octanol–water partition coefficient (Wildman–Crippen LogP) is 3.17. The molecule has 4 nitrogen and oxygen atoms in total. The lowest BCUT2D eigenvalue weighted by molar-refractivity contribution is 0.412. The van der Waals surface area contributed by atoms with Crippen molar-refractivity contribution in [3.8, 4) is 5.75 Å². The van der Waals surface area contributed by atoms with Crippen LogP contribution in [0.5, 0.6) is 5.75 Å². The van der Waals surface area contributed by atoms with E-state index in [0.717, 1.165) is 21.7 Å². The van der Waals surface area contributed by atoms with Gasteiger partial charge in [-0.3, -0.25) is 4.99 Å². The Morgan fingerprint density at radius 1 is 1.35 bits per heavy atom. The third-order valence-corrected chi connectivity index (χ3v) is 3.88. The van der Waals surface area contributed by atoms with Crippen molar-refractivity contribution in [1.29, 1.82) is 0 Å². The Labute approximate surface area is 130 Å². The van der Waals surface area contributed by atoms with Crippen LogP contribution in [-0.4, -0.2) is 26.2 Å². The van der Waals surface area contributed by atoms with Crippen LogP contribution in [0, 0.1) is 5.92 Å². The molecule has 0 saturated carbocycles. The lowest BCUT2D eigenvalue weighted by atomic mass is 10.1. The Balaban J connectivity index is 2.59. The van der Waals surface area contributed by atoms with Gasteiger partial charge in [0.2, 0.25) is 0 Å². The molecule has 0 amide bonds. The van der Waals surface area contributed by atoms with Crippen molar-refractivity contribution < 1.29 is 4.74 Å². The molecule has 1 rings (SSSR count). The lowest BCUT2D eigenvalue weighted by Gasteiger charge is -2.20. The summed E-state index contributed by atoms with van der Waals surface area (Å²) in [7, 11) is 3.45. The molecule has 112 valence electrons. The van der Waals surface area contributed by atoms with Gasteiger partial charge in [-0.25, -0.2) is 0 Å². The van der Waals surface area contributed by atoms with Crippen molar-refractivity contribution in [1.82, 2.24) is 10.6 Å². The number of benzene rings is 1. The van der Waals surface area contributed by atoms with Gasteiger partial charge in [-0.1, -0.05) is 19.9 Å². The van der Waals surface area contributed by atoms with E-state index in [-0.39, 0.29) is 0 Å². The first-order valence-electron chi connectivity index (χ1n) is 6.77. The van der Waals surface area contributed by atoms with Crippen LogP contribution in [0.15, 0.2) is 27.7 Å². The number of nitrogens with zero attached hydrogens (tertiary/aromatic N) is 1. The standard InChI is InChI=1S/C15H24BrN3O/c1-10(2)11(3)19-15(17-4)18-9-12-6-7-14(20-5)13(16)8-12/h6-8,10-11H,9H2,1-5H3,(H2,17,18,19). The van der Waals surface area contributed by atoms with Crippen molar-refractivity contribution in [2.24, 2.45) is 10.9 Å². The van der Waals surface area contributed by atoms with E-state index >= 15 is 0 Å². The fourth-order valence-corrected chi connectivity index (χ4v) is 2.17. The molecule has 0 aliphatic carbocycles. The first kappa shape index (κ1) is 16.8. The highest BCUT2D eigenvalue weighted by molar-refractivity contribution is 9.10. The van der Waals surface area contributed by atoms with Gasteiger partial charge in [0, 0.05) is 19.6 Å². The Morgan fingerprint density at radius 3 is 2.55 bits per heavy atom. The minimum absolute atomic E-state index is 0.379. The Morgan fingerprint density at radius 2 is 2.05 bits per heavy atom. The largest absolute Gasteiger partial charge is 0.496 e. The van der Waals surface area contributed by atoms with Gasteiger partial charge in [0.1, 0.15) is 5.75 Å². The molecule has 0 spiro atoms. The number of halogens is 1. The zero-order chi connectivity index (χ0) is 15.1. The van der Waals surface area contributed by atoms with Crippen LogP contribution < -0.4 is 15.4 Å². The Kier molecular flexibility index (Phi) is 6.85. The molecule has 0 radical (unpaired) electrons. The molecule has 0 saturated heterocycles. The second-order valence-corrected chi connectivity index (χ2v) is 5.93. The van der Waals surface area contributed by atoms with E-state index in [0.29, 0.717) is 18.5 Å². The molecule has 0 aromatic heterocycles. The number of ether oxygens (including phenoxy) is 1. The second-order valence-electron chi connectivity index (χ2n) is 5.07. The van der Waals surface area contributed by atoms with E-state index in [1.165, 1.54) is 0 Å². The van der Waals surface area contributed by atoms with Crippen molar-refractivity contribution in [3.05, 3.63) is 28.2 Å². The maximum Gasteiger partial charge on any atom is 0.191 e. The second kappa shape index (κ2) is 8.15. The molecular weight excluding hydrogens is 318 g/mol. The minimum Gasteiger partial charge on any atom is -0.496 e. The highest BCUT2D eigenvalue weighted by Crippen LogP contribution is 2.25. The van der Waals surface area contributed by atoms with E-state index in [9.17, 15) is 0 Å². The zero-order valence-electron chi connectivity index (χ0n) is 12.8. The van der Waals surface area contributed by atoms with Gasteiger partial charge in [0.05, 0.1) is 11.6 Å². The monoisotopic (exact) mass is 341 g/mol. The summed E-state index contributed by atoms with van der Waals surface area (Å²) in [5, 5.41) is 6.69. The summed E-state index contributed by atoms with van der Waals surface area (Å²) in [5.41, 5.74) is 1.16. The topological polar surface area (TPSA) is 45.7 Å². The molecule has 0 aliphatic rings. The predicted molar refractivity (Wildman–Crippen MR) is 88.3 cm³/mol. The molecule has 0 bridgehead atoms. The zero-order valence-corrected chi connectivity index (χ0v) is 14.4. The quantitative estimate of drug-likeness (QED) is 0.638. The average Bonchev–Trinajstić information content (AvgIpc) is 2.43. The van der Waals surface area contributed by atoms with Gasteiger partial charge in [0.25, 0.3) is 0 Å². The summed E-state index contributed by atoms with van der Waals surface area (Å²) in [6.45, 7) is 7.24. The Bertz CT molecular complexity index is 460. The van der Waals surface area contributed by atoms with E-state index in [2.05, 4.69) is 52.3 Å². The molecule has 0 aliphatic heterocycles. The van der Waals surface area contributed by atoms with Crippen molar-refractivity contribution in [2.45, 2.75) is 33.4 Å². The molecule has 1 unspecified atom stereocenters. The lowest BCUT2D eigenvalue weighted by Crippen LogP contribution is -2.43. The van der Waals surface area contributed by atoms with Crippen LogP contribution in [0.25, 0.3) is 0 Å². The molecule has 1 aromatic rings. The molecule has 20 heavy (non-hydrogen) atoms. The van der Waals surface area contributed by atoms with Gasteiger partial charge in [-0.15, -0.1) is 0 Å². The molecule has 1 aromatic carbocycles. The molecule has 2 N–H and O–H groups in total. The third-order valence-electron chi connectivity index (χ3n) is 3.26. The molecular formula is C15H24BrN3O. The van der Waals surface area contributed by atoms with Gasteiger partial charge in [0.15, 0.2) is 5.96 Å². The van der Waals surface area contributed by atoms with E-state index in [1.54, 1.807) is 14.2 Å². The number of rotatable bonds is 5. The van der Waals surface area contributed by atoms with E-state index < -0.39 is 0 Å². The van der Waals surface area contributed by atoms with Crippen LogP contribution in [0.1, 0.15) is 26.3 Å². The summed E-state index contributed by atoms with van der Waals surface area (Å²) >= 11 is 3.49. The van der Waals surface area contributed by atoms with Crippen LogP contribution in [0.3, 0.4) is 0 Å². The van der Waals surface area contributed by atoms with Crippen LogP contribution >= 0.6 is 15.9 Å². The number of hydrogen-bond acceptors (Lipinski definition) is 2. The number of guanidine groups is 1. The highest BCUT2D eigenvalue weighted by Gasteiger charge is 2.09. The van der Waals surface area contributed by atoms with Gasteiger partial charge >= 0.3 is 0 Å². The normalized spacial score (nSPS) is 13.2. The fourth-order valence-electron chi connectivity index (χ4n) is 1.58.